The van der Waals surface area contributed by atoms with Crippen molar-refractivity contribution in [3.8, 4) is 5.75 Å². The topological polar surface area (TPSA) is 60.4 Å². The Bertz CT molecular complexity index is 712. The molecule has 0 N–H and O–H groups in total. The van der Waals surface area contributed by atoms with E-state index >= 15 is 0 Å². The highest BCUT2D eigenvalue weighted by molar-refractivity contribution is 7.91. The summed E-state index contributed by atoms with van der Waals surface area (Å²) in [6, 6.07) is 2.90. The Labute approximate surface area is 150 Å². The molecule has 0 aliphatic rings. The smallest absolute Gasteiger partial charge is 0.403 e. The van der Waals surface area contributed by atoms with E-state index in [1.54, 1.807) is 13.8 Å². The molecular formula is C17H22F4O4S. The molecule has 0 unspecified atom stereocenters. The first-order valence-corrected chi connectivity index (χ1v) is 9.89. The molecule has 0 amide bonds. The number of carbonyl (C=O) groups excluding carboxylic acids is 1. The van der Waals surface area contributed by atoms with Crippen LogP contribution in [0.25, 0.3) is 0 Å². The maximum atomic E-state index is 13.3. The van der Waals surface area contributed by atoms with Crippen LogP contribution in [-0.4, -0.2) is 31.6 Å². The van der Waals surface area contributed by atoms with Crippen LogP contribution in [0.5, 0.6) is 5.75 Å². The highest BCUT2D eigenvalue weighted by Gasteiger charge is 2.32. The number of hydrogen-bond donors (Lipinski definition) is 0. The van der Waals surface area contributed by atoms with Gasteiger partial charge in [0.25, 0.3) is 0 Å². The van der Waals surface area contributed by atoms with Gasteiger partial charge in [-0.25, -0.2) is 12.8 Å². The Hall–Kier alpha value is -1.64. The van der Waals surface area contributed by atoms with Crippen molar-refractivity contribution in [1.29, 1.82) is 0 Å². The fourth-order valence-corrected chi connectivity index (χ4v) is 3.29. The lowest BCUT2D eigenvalue weighted by atomic mass is 10.0. The number of Topliss-reactive ketones (excluding diaryl/α,β-unsaturated/α-hetero) is 1. The first-order chi connectivity index (χ1) is 11.9. The van der Waals surface area contributed by atoms with Crippen LogP contribution < -0.4 is 4.74 Å². The van der Waals surface area contributed by atoms with Crippen LogP contribution in [0.15, 0.2) is 18.2 Å². The lowest BCUT2D eigenvalue weighted by Gasteiger charge is -2.11. The van der Waals surface area contributed by atoms with E-state index in [2.05, 4.69) is 4.74 Å². The van der Waals surface area contributed by atoms with Crippen molar-refractivity contribution in [2.75, 3.05) is 5.75 Å². The Balaban J connectivity index is 2.45. The highest BCUT2D eigenvalue weighted by Crippen LogP contribution is 2.26. The van der Waals surface area contributed by atoms with E-state index in [4.69, 9.17) is 0 Å². The monoisotopic (exact) mass is 398 g/mol. The summed E-state index contributed by atoms with van der Waals surface area (Å²) >= 11 is 0. The summed E-state index contributed by atoms with van der Waals surface area (Å²) in [7, 11) is -3.10. The van der Waals surface area contributed by atoms with Crippen LogP contribution in [0, 0.1) is 5.82 Å². The van der Waals surface area contributed by atoms with Gasteiger partial charge in [-0.2, -0.15) is 0 Å². The number of ketones is 1. The maximum Gasteiger partial charge on any atom is 0.573 e. The molecule has 26 heavy (non-hydrogen) atoms. The summed E-state index contributed by atoms with van der Waals surface area (Å²) in [6.45, 7) is 3.22. The fourth-order valence-electron chi connectivity index (χ4n) is 2.21. The number of halogens is 4. The average molecular weight is 398 g/mol. The number of rotatable bonds is 10. The minimum atomic E-state index is -5.01. The molecule has 0 saturated heterocycles. The van der Waals surface area contributed by atoms with Gasteiger partial charge >= 0.3 is 6.36 Å². The molecule has 0 heterocycles. The first kappa shape index (κ1) is 22.4. The third-order valence-corrected chi connectivity index (χ3v) is 6.02. The SMILES string of the molecule is CC(C)S(=O)(=O)CCCCCC(=O)Cc1ccc(F)c(OC(F)(F)F)c1. The van der Waals surface area contributed by atoms with Crippen molar-refractivity contribution in [3.05, 3.63) is 29.6 Å². The van der Waals surface area contributed by atoms with Gasteiger partial charge in [0.1, 0.15) is 5.78 Å². The molecule has 0 bridgehead atoms. The molecule has 0 aliphatic heterocycles. The predicted molar refractivity (Wildman–Crippen MR) is 89.2 cm³/mol. The van der Waals surface area contributed by atoms with Crippen LogP contribution in [0.1, 0.15) is 45.1 Å². The lowest BCUT2D eigenvalue weighted by Crippen LogP contribution is -2.18. The van der Waals surface area contributed by atoms with Gasteiger partial charge in [0.2, 0.25) is 0 Å². The van der Waals surface area contributed by atoms with Crippen molar-refractivity contribution in [2.24, 2.45) is 0 Å². The summed E-state index contributed by atoms with van der Waals surface area (Å²) in [5.41, 5.74) is 0.220. The molecule has 0 spiro atoms. The second-order valence-electron chi connectivity index (χ2n) is 6.25. The van der Waals surface area contributed by atoms with Gasteiger partial charge in [-0.05, 0) is 44.4 Å². The standard InChI is InChI=1S/C17H22F4O4S/c1-12(2)26(23,24)9-5-3-4-6-14(22)10-13-7-8-15(18)16(11-13)25-17(19,20)21/h7-8,11-12H,3-6,9-10H2,1-2H3. The van der Waals surface area contributed by atoms with Crippen LogP contribution in [0.4, 0.5) is 17.6 Å². The Morgan fingerprint density at radius 3 is 2.38 bits per heavy atom. The lowest BCUT2D eigenvalue weighted by molar-refractivity contribution is -0.275. The van der Waals surface area contributed by atoms with E-state index in [0.717, 1.165) is 12.1 Å². The number of hydrogen-bond acceptors (Lipinski definition) is 4. The molecule has 1 rings (SSSR count). The summed E-state index contributed by atoms with van der Waals surface area (Å²) < 4.78 is 76.7. The number of unbranched alkanes of at least 4 members (excludes halogenated alkanes) is 2. The number of sulfone groups is 1. The maximum absolute atomic E-state index is 13.3. The summed E-state index contributed by atoms with van der Waals surface area (Å²) in [6.07, 6.45) is -3.48. The molecule has 0 fully saturated rings. The summed E-state index contributed by atoms with van der Waals surface area (Å²) in [5, 5.41) is -0.435. The molecular weight excluding hydrogens is 376 g/mol. The number of ether oxygens (including phenoxy) is 1. The van der Waals surface area contributed by atoms with Gasteiger partial charge in [-0.3, -0.25) is 4.79 Å². The molecule has 148 valence electrons. The molecule has 0 aromatic heterocycles. The van der Waals surface area contributed by atoms with Crippen molar-refractivity contribution < 1.29 is 35.5 Å². The molecule has 0 saturated carbocycles. The highest BCUT2D eigenvalue weighted by atomic mass is 32.2. The molecule has 0 aliphatic carbocycles. The second kappa shape index (κ2) is 9.34. The minimum absolute atomic E-state index is 0.0644. The zero-order valence-corrected chi connectivity index (χ0v) is 15.4. The first-order valence-electron chi connectivity index (χ1n) is 8.18. The number of benzene rings is 1. The predicted octanol–water partition coefficient (Wildman–Crippen LogP) is 4.22. The average Bonchev–Trinajstić information content (AvgIpc) is 2.48. The molecule has 9 heteroatoms. The van der Waals surface area contributed by atoms with Gasteiger partial charge in [0.05, 0.1) is 11.0 Å². The second-order valence-corrected chi connectivity index (χ2v) is 8.93. The van der Waals surface area contributed by atoms with Gasteiger partial charge in [0.15, 0.2) is 21.4 Å². The molecule has 4 nitrogen and oxygen atoms in total. The summed E-state index contributed by atoms with van der Waals surface area (Å²) in [4.78, 5) is 11.9. The van der Waals surface area contributed by atoms with Gasteiger partial charge in [-0.15, -0.1) is 13.2 Å². The van der Waals surface area contributed by atoms with E-state index in [0.29, 0.717) is 19.3 Å². The van der Waals surface area contributed by atoms with Crippen LogP contribution in [0.3, 0.4) is 0 Å². The Morgan fingerprint density at radius 2 is 1.81 bits per heavy atom. The van der Waals surface area contributed by atoms with Crippen LogP contribution in [-0.2, 0) is 21.1 Å². The van der Waals surface area contributed by atoms with E-state index in [9.17, 15) is 30.8 Å². The summed E-state index contributed by atoms with van der Waals surface area (Å²) in [5.74, 6) is -2.29. The molecule has 0 radical (unpaired) electrons. The fraction of sp³-hybridized carbons (Fsp3) is 0.588. The van der Waals surface area contributed by atoms with Gasteiger partial charge < -0.3 is 4.74 Å². The van der Waals surface area contributed by atoms with Gasteiger partial charge in [0, 0.05) is 12.8 Å². The minimum Gasteiger partial charge on any atom is -0.403 e. The zero-order chi connectivity index (χ0) is 20.0. The van der Waals surface area contributed by atoms with Crippen LogP contribution >= 0.6 is 0 Å². The largest absolute Gasteiger partial charge is 0.573 e. The Morgan fingerprint density at radius 1 is 1.15 bits per heavy atom. The third kappa shape index (κ3) is 8.16. The molecule has 1 aromatic carbocycles. The van der Waals surface area contributed by atoms with Crippen molar-refractivity contribution in [1.82, 2.24) is 0 Å². The number of alkyl halides is 3. The third-order valence-electron chi connectivity index (χ3n) is 3.73. The zero-order valence-electron chi connectivity index (χ0n) is 14.6. The van der Waals surface area contributed by atoms with E-state index in [1.165, 1.54) is 6.07 Å². The normalized spacial score (nSPS) is 12.4. The quantitative estimate of drug-likeness (QED) is 0.437. The Kier molecular flexibility index (Phi) is 8.05. The molecule has 1 aromatic rings. The van der Waals surface area contributed by atoms with E-state index in [-0.39, 0.29) is 29.9 Å². The molecule has 0 atom stereocenters. The van der Waals surface area contributed by atoms with E-state index in [1.807, 2.05) is 0 Å². The van der Waals surface area contributed by atoms with Crippen molar-refractivity contribution in [2.45, 2.75) is 57.6 Å². The van der Waals surface area contributed by atoms with E-state index < -0.39 is 33.0 Å². The van der Waals surface area contributed by atoms with Crippen molar-refractivity contribution >= 4 is 15.6 Å². The van der Waals surface area contributed by atoms with Crippen LogP contribution in [0.2, 0.25) is 0 Å². The number of carbonyl (C=O) groups is 1. The van der Waals surface area contributed by atoms with Crippen molar-refractivity contribution in [3.63, 3.8) is 0 Å². The van der Waals surface area contributed by atoms with Gasteiger partial charge in [-0.1, -0.05) is 12.5 Å².